The number of rotatable bonds is 4. The van der Waals surface area contributed by atoms with Gasteiger partial charge < -0.3 is 19.8 Å². The molecule has 2 aliphatic rings. The van der Waals surface area contributed by atoms with E-state index >= 15 is 0 Å². The Kier molecular flexibility index (Phi) is 4.74. The van der Waals surface area contributed by atoms with Gasteiger partial charge in [0.15, 0.2) is 11.5 Å². The van der Waals surface area contributed by atoms with E-state index in [-0.39, 0.29) is 29.2 Å². The third kappa shape index (κ3) is 3.45. The number of halogens is 2. The Hall–Kier alpha value is -4.12. The molecule has 11 heteroatoms. The molecule has 9 nitrogen and oxygen atoms in total. The monoisotopic (exact) mass is 502 g/mol. The van der Waals surface area contributed by atoms with E-state index in [4.69, 9.17) is 20.4 Å². The first-order chi connectivity index (χ1) is 17.9. The summed E-state index contributed by atoms with van der Waals surface area (Å²) in [4.78, 5) is 16.2. The summed E-state index contributed by atoms with van der Waals surface area (Å²) in [5, 5.41) is 4.50. The van der Waals surface area contributed by atoms with Crippen molar-refractivity contribution in [3.63, 3.8) is 0 Å². The Morgan fingerprint density at radius 2 is 1.92 bits per heavy atom. The lowest BCUT2D eigenvalue weighted by molar-refractivity contribution is -0.0985. The summed E-state index contributed by atoms with van der Waals surface area (Å²) in [6, 6.07) is 7.70. The van der Waals surface area contributed by atoms with Crippen LogP contribution in [-0.4, -0.2) is 55.3 Å². The number of aromatic nitrogens is 6. The van der Waals surface area contributed by atoms with Crippen LogP contribution in [0.4, 0.5) is 20.5 Å². The van der Waals surface area contributed by atoms with Gasteiger partial charge in [-0.1, -0.05) is 6.07 Å². The SMILES string of the molecule is Cc1cnc2ccc(-c3c(N4CCC5(COC5)C4)nc(N)n4nc(Cc5c(F)cccc5F)nc34)cn12. The van der Waals surface area contributed by atoms with Crippen molar-refractivity contribution in [2.24, 2.45) is 5.41 Å². The fourth-order valence-electron chi connectivity index (χ4n) is 5.40. The smallest absolute Gasteiger partial charge is 0.225 e. The van der Waals surface area contributed by atoms with Gasteiger partial charge in [-0.3, -0.25) is 0 Å². The third-order valence-corrected chi connectivity index (χ3v) is 7.47. The number of nitrogen functional groups attached to an aromatic ring is 1. The highest BCUT2D eigenvalue weighted by atomic mass is 19.1. The molecule has 0 aliphatic carbocycles. The molecule has 0 amide bonds. The van der Waals surface area contributed by atoms with Gasteiger partial charge >= 0.3 is 0 Å². The number of benzene rings is 1. The number of nitrogens with zero attached hydrogens (tertiary/aromatic N) is 7. The maximum Gasteiger partial charge on any atom is 0.225 e. The lowest BCUT2D eigenvalue weighted by Gasteiger charge is -2.37. The minimum Gasteiger partial charge on any atom is -0.380 e. The van der Waals surface area contributed by atoms with Gasteiger partial charge in [-0.2, -0.15) is 9.50 Å². The van der Waals surface area contributed by atoms with E-state index in [1.165, 1.54) is 22.7 Å². The Labute approximate surface area is 210 Å². The molecular formula is C26H24F2N8O. The van der Waals surface area contributed by atoms with Gasteiger partial charge in [0.2, 0.25) is 5.95 Å². The van der Waals surface area contributed by atoms with Crippen LogP contribution in [0.5, 0.6) is 0 Å². The van der Waals surface area contributed by atoms with Crippen LogP contribution in [0.3, 0.4) is 0 Å². The quantitative estimate of drug-likeness (QED) is 0.402. The number of fused-ring (bicyclic) bond motifs is 2. The Morgan fingerprint density at radius 1 is 1.11 bits per heavy atom. The molecule has 0 unspecified atom stereocenters. The number of anilines is 2. The second-order valence-corrected chi connectivity index (χ2v) is 10.0. The number of nitrogens with two attached hydrogens (primary N) is 1. The maximum absolute atomic E-state index is 14.4. The normalized spacial score (nSPS) is 16.8. The summed E-state index contributed by atoms with van der Waals surface area (Å²) in [5.74, 6) is -0.163. The van der Waals surface area contributed by atoms with Crippen LogP contribution >= 0.6 is 0 Å². The molecule has 5 aromatic rings. The van der Waals surface area contributed by atoms with Gasteiger partial charge in [-0.25, -0.2) is 18.7 Å². The largest absolute Gasteiger partial charge is 0.380 e. The molecule has 2 aliphatic heterocycles. The van der Waals surface area contributed by atoms with Crippen molar-refractivity contribution >= 4 is 23.1 Å². The van der Waals surface area contributed by atoms with Gasteiger partial charge in [-0.15, -0.1) is 5.10 Å². The summed E-state index contributed by atoms with van der Waals surface area (Å²) in [6.07, 6.45) is 4.70. The molecule has 188 valence electrons. The first-order valence-corrected chi connectivity index (χ1v) is 12.2. The average molecular weight is 503 g/mol. The van der Waals surface area contributed by atoms with Gasteiger partial charge in [0, 0.05) is 54.1 Å². The molecule has 2 fully saturated rings. The van der Waals surface area contributed by atoms with Gasteiger partial charge in [-0.05, 0) is 37.6 Å². The van der Waals surface area contributed by atoms with E-state index in [2.05, 4.69) is 15.0 Å². The number of aryl methyl sites for hydroxylation is 1. The number of pyridine rings is 1. The van der Waals surface area contributed by atoms with Crippen LogP contribution in [0.15, 0.2) is 42.7 Å². The van der Waals surface area contributed by atoms with Crippen LogP contribution in [0.2, 0.25) is 0 Å². The molecular weight excluding hydrogens is 478 g/mol. The second-order valence-electron chi connectivity index (χ2n) is 10.0. The van der Waals surface area contributed by atoms with Crippen molar-refractivity contribution in [1.29, 1.82) is 0 Å². The molecule has 1 spiro atoms. The Morgan fingerprint density at radius 3 is 2.65 bits per heavy atom. The number of imidazole rings is 1. The van der Waals surface area contributed by atoms with Gasteiger partial charge in [0.1, 0.15) is 23.1 Å². The Bertz CT molecular complexity index is 1670. The molecule has 2 N–H and O–H groups in total. The van der Waals surface area contributed by atoms with Crippen LogP contribution < -0.4 is 10.6 Å². The molecule has 1 aromatic carbocycles. The summed E-state index contributed by atoms with van der Waals surface area (Å²) < 4.78 is 37.7. The number of ether oxygens (including phenoxy) is 1. The van der Waals surface area contributed by atoms with E-state index in [9.17, 15) is 8.78 Å². The number of hydrogen-bond donors (Lipinski definition) is 1. The maximum atomic E-state index is 14.4. The van der Waals surface area contributed by atoms with Crippen LogP contribution in [0.1, 0.15) is 23.5 Å². The standard InChI is InChI=1S/C26H24F2N8O/c1-15-10-30-21-6-5-16(11-35(15)21)22-23(34-8-7-26(12-34)13-37-14-26)32-25(29)36-24(22)31-20(33-36)9-17-18(27)3-2-4-19(17)28/h2-6,10-11H,7-9,12-14H2,1H3,(H2,29,32). The lowest BCUT2D eigenvalue weighted by Crippen LogP contribution is -2.44. The third-order valence-electron chi connectivity index (χ3n) is 7.47. The second kappa shape index (κ2) is 7.94. The summed E-state index contributed by atoms with van der Waals surface area (Å²) >= 11 is 0. The summed E-state index contributed by atoms with van der Waals surface area (Å²) in [6.45, 7) is 5.07. The molecule has 0 bridgehead atoms. The molecule has 2 saturated heterocycles. The van der Waals surface area contributed by atoms with Gasteiger partial charge in [0.25, 0.3) is 0 Å². The molecule has 7 rings (SSSR count). The zero-order valence-electron chi connectivity index (χ0n) is 20.2. The van der Waals surface area contributed by atoms with Crippen molar-refractivity contribution in [2.75, 3.05) is 36.9 Å². The minimum absolute atomic E-state index is 0.0892. The van der Waals surface area contributed by atoms with Crippen molar-refractivity contribution < 1.29 is 13.5 Å². The predicted octanol–water partition coefficient (Wildman–Crippen LogP) is 3.43. The summed E-state index contributed by atoms with van der Waals surface area (Å²) in [7, 11) is 0. The van der Waals surface area contributed by atoms with E-state index in [1.807, 2.05) is 35.9 Å². The van der Waals surface area contributed by atoms with E-state index in [1.54, 1.807) is 0 Å². The zero-order chi connectivity index (χ0) is 25.3. The fourth-order valence-corrected chi connectivity index (χ4v) is 5.40. The van der Waals surface area contributed by atoms with Crippen molar-refractivity contribution in [1.82, 2.24) is 29.0 Å². The fraction of sp³-hybridized carbons (Fsp3) is 0.308. The van der Waals surface area contributed by atoms with Crippen molar-refractivity contribution in [3.8, 4) is 11.1 Å². The molecule has 6 heterocycles. The van der Waals surface area contributed by atoms with Crippen LogP contribution in [0.25, 0.3) is 22.4 Å². The zero-order valence-corrected chi connectivity index (χ0v) is 20.2. The highest BCUT2D eigenvalue weighted by Crippen LogP contribution is 2.42. The van der Waals surface area contributed by atoms with Crippen molar-refractivity contribution in [2.45, 2.75) is 19.8 Å². The Balaban J connectivity index is 1.42. The van der Waals surface area contributed by atoms with Crippen LogP contribution in [-0.2, 0) is 11.2 Å². The molecule has 0 saturated carbocycles. The minimum atomic E-state index is -0.642. The van der Waals surface area contributed by atoms with E-state index in [0.29, 0.717) is 11.5 Å². The first kappa shape index (κ1) is 22.1. The molecule has 0 radical (unpaired) electrons. The summed E-state index contributed by atoms with van der Waals surface area (Å²) in [5.41, 5.74) is 10.3. The lowest BCUT2D eigenvalue weighted by atomic mass is 9.85. The number of hydrogen-bond acceptors (Lipinski definition) is 7. The molecule has 4 aromatic heterocycles. The van der Waals surface area contributed by atoms with Gasteiger partial charge in [0.05, 0.1) is 18.8 Å². The molecule has 0 atom stereocenters. The predicted molar refractivity (Wildman–Crippen MR) is 133 cm³/mol. The highest BCUT2D eigenvalue weighted by molar-refractivity contribution is 5.88. The highest BCUT2D eigenvalue weighted by Gasteiger charge is 2.45. The van der Waals surface area contributed by atoms with Crippen molar-refractivity contribution in [3.05, 3.63) is 71.4 Å². The van der Waals surface area contributed by atoms with Crippen LogP contribution in [0, 0.1) is 24.0 Å². The first-order valence-electron chi connectivity index (χ1n) is 12.2. The van der Waals surface area contributed by atoms with E-state index in [0.717, 1.165) is 55.2 Å². The van der Waals surface area contributed by atoms with E-state index < -0.39 is 11.6 Å². The average Bonchev–Trinajstić information content (AvgIpc) is 3.59. The molecule has 37 heavy (non-hydrogen) atoms. The topological polar surface area (TPSA) is 98.9 Å².